The Morgan fingerprint density at radius 2 is 0.543 bits per heavy atom. The molecule has 0 spiro atoms. The van der Waals surface area contributed by atoms with E-state index in [4.69, 9.17) is 52.1 Å². The number of hydrogen-bond acceptors (Lipinski definition) is 29. The van der Waals surface area contributed by atoms with Crippen LogP contribution in [0.15, 0.2) is 0 Å². The first-order chi connectivity index (χ1) is 48.5. The van der Waals surface area contributed by atoms with Crippen LogP contribution in [0.4, 0.5) is 0 Å². The van der Waals surface area contributed by atoms with Gasteiger partial charge in [-0.25, -0.2) is 0 Å². The van der Waals surface area contributed by atoms with E-state index < -0.39 is 178 Å². The van der Waals surface area contributed by atoms with Crippen LogP contribution >= 0.6 is 0 Å². The van der Waals surface area contributed by atoms with E-state index in [0.29, 0.717) is 0 Å². The van der Waals surface area contributed by atoms with Crippen LogP contribution in [0.5, 0.6) is 0 Å². The first kappa shape index (κ1) is 89.3. The molecule has 594 valence electrons. The summed E-state index contributed by atoms with van der Waals surface area (Å²) in [6.07, 6.45) is -2.43. The van der Waals surface area contributed by atoms with E-state index in [9.17, 15) is 52.7 Å². The molecule has 0 aliphatic carbocycles. The van der Waals surface area contributed by atoms with Crippen molar-refractivity contribution in [2.24, 2.45) is 55.2 Å². The Hall–Kier alpha value is -8.07. The molecule has 0 aromatic carbocycles. The van der Waals surface area contributed by atoms with Crippen molar-refractivity contribution in [3.63, 3.8) is 0 Å². The Bertz CT molecular complexity index is 3080. The van der Waals surface area contributed by atoms with E-state index in [1.165, 1.54) is 63.2 Å². The average Bonchev–Trinajstić information content (AvgIpc) is 0.780. The van der Waals surface area contributed by atoms with Gasteiger partial charge in [0.1, 0.15) is 58.5 Å². The quantitative estimate of drug-likeness (QED) is 0.0545. The molecular formula is C72H115N7O26. The molecular weight excluding hydrogens is 1380 g/mol. The molecule has 0 bridgehead atoms. The van der Waals surface area contributed by atoms with Crippen molar-refractivity contribution in [3.8, 4) is 0 Å². The minimum absolute atomic E-state index is 0.000720. The van der Waals surface area contributed by atoms with E-state index in [1.54, 1.807) is 35.5 Å². The number of carbonyl (C=O) groups excluding carboxylic acids is 15. The third kappa shape index (κ3) is 25.6. The zero-order chi connectivity index (χ0) is 79.6. The molecule has 4 aliphatic rings. The summed E-state index contributed by atoms with van der Waals surface area (Å²) >= 11 is 0. The summed E-state index contributed by atoms with van der Waals surface area (Å²) in [4.78, 5) is 208. The number of amides is 4. The molecule has 0 aromatic heterocycles. The second-order valence-corrected chi connectivity index (χ2v) is 31.6. The number of nitrogens with zero attached hydrogens (tertiary/aromatic N) is 6. The minimum atomic E-state index is -1.70. The van der Waals surface area contributed by atoms with Crippen molar-refractivity contribution >= 4 is 89.3 Å². The van der Waals surface area contributed by atoms with Gasteiger partial charge in [0, 0.05) is 166 Å². The highest BCUT2D eigenvalue weighted by molar-refractivity contribution is 5.83. The zero-order valence-corrected chi connectivity index (χ0v) is 65.3. The number of rotatable bonds is 34. The highest BCUT2D eigenvalue weighted by atomic mass is 16.6. The number of nitrogens with one attached hydrogen (secondary N) is 1. The molecule has 4 heterocycles. The molecule has 4 amide bonds. The van der Waals surface area contributed by atoms with E-state index >= 15 is 19.2 Å². The smallest absolute Gasteiger partial charge is 0.302 e. The van der Waals surface area contributed by atoms with Crippen molar-refractivity contribution in [2.45, 2.75) is 151 Å². The van der Waals surface area contributed by atoms with Crippen LogP contribution in [0.1, 0.15) is 138 Å². The maximum atomic E-state index is 15.4. The van der Waals surface area contributed by atoms with E-state index in [1.807, 2.05) is 41.5 Å². The number of esters is 11. The molecule has 33 heteroatoms. The summed E-state index contributed by atoms with van der Waals surface area (Å²) in [6, 6.07) is 0. The van der Waals surface area contributed by atoms with Crippen molar-refractivity contribution in [2.75, 3.05) is 164 Å². The van der Waals surface area contributed by atoms with Gasteiger partial charge in [-0.3, -0.25) is 81.7 Å². The Morgan fingerprint density at radius 3 is 0.848 bits per heavy atom. The van der Waals surface area contributed by atoms with Crippen LogP contribution in [0.3, 0.4) is 0 Å². The van der Waals surface area contributed by atoms with Crippen molar-refractivity contribution in [3.05, 3.63) is 0 Å². The summed E-state index contributed by atoms with van der Waals surface area (Å²) in [6.45, 7) is 24.2. The lowest BCUT2D eigenvalue weighted by Crippen LogP contribution is -2.68. The van der Waals surface area contributed by atoms with Gasteiger partial charge in [-0.05, 0) is 17.3 Å². The first-order valence-electron chi connectivity index (χ1n) is 35.3. The van der Waals surface area contributed by atoms with Gasteiger partial charge in [0.25, 0.3) is 0 Å². The lowest BCUT2D eigenvalue weighted by molar-refractivity contribution is -0.213. The van der Waals surface area contributed by atoms with E-state index in [-0.39, 0.29) is 143 Å². The summed E-state index contributed by atoms with van der Waals surface area (Å²) in [7, 11) is 0. The first-order valence-corrected chi connectivity index (χ1v) is 35.3. The van der Waals surface area contributed by atoms with Gasteiger partial charge in [0.2, 0.25) is 23.6 Å². The van der Waals surface area contributed by atoms with Crippen LogP contribution in [0.2, 0.25) is 0 Å². The molecule has 0 saturated carbocycles. The zero-order valence-electron chi connectivity index (χ0n) is 65.3. The average molecular weight is 1490 g/mol. The number of likely N-dealkylation sites (tertiary alicyclic amines) is 4. The topological polar surface area (TPSA) is 389 Å². The fraction of sp³-hybridized carbons (Fsp3) is 0.792. The lowest BCUT2D eigenvalue weighted by Gasteiger charge is -2.54. The van der Waals surface area contributed by atoms with Crippen LogP contribution in [0, 0.1) is 55.2 Å². The van der Waals surface area contributed by atoms with Gasteiger partial charge in [-0.15, -0.1) is 0 Å². The molecule has 0 aromatic rings. The number of piperidine rings is 4. The molecule has 105 heavy (non-hydrogen) atoms. The van der Waals surface area contributed by atoms with Crippen LogP contribution in [-0.2, 0) is 124 Å². The van der Waals surface area contributed by atoms with Crippen molar-refractivity contribution in [1.29, 1.82) is 0 Å². The minimum Gasteiger partial charge on any atom is -0.465 e. The normalized spacial score (nSPS) is 26.0. The number of carbonyl (C=O) groups is 15. The van der Waals surface area contributed by atoms with Crippen LogP contribution in [0.25, 0.3) is 0 Å². The summed E-state index contributed by atoms with van der Waals surface area (Å²) in [5.41, 5.74) is -9.29. The van der Waals surface area contributed by atoms with Gasteiger partial charge in [0.15, 0.2) is 0 Å². The number of ether oxygens (including phenoxy) is 11. The number of hydrogen-bond donors (Lipinski definition) is 1. The predicted molar refractivity (Wildman–Crippen MR) is 370 cm³/mol. The Morgan fingerprint density at radius 1 is 0.305 bits per heavy atom. The van der Waals surface area contributed by atoms with Crippen molar-refractivity contribution < 1.29 is 124 Å². The third-order valence-corrected chi connectivity index (χ3v) is 20.9. The maximum Gasteiger partial charge on any atom is 0.302 e. The summed E-state index contributed by atoms with van der Waals surface area (Å²) in [5.74, 6) is -10.1. The second-order valence-electron chi connectivity index (χ2n) is 31.6. The largest absolute Gasteiger partial charge is 0.465 e. The highest BCUT2D eigenvalue weighted by Crippen LogP contribution is 2.50. The second kappa shape index (κ2) is 37.5. The Kier molecular flexibility index (Phi) is 31.9. The molecule has 33 nitrogen and oxygen atoms in total. The molecule has 4 rings (SSSR count). The molecule has 4 aliphatic heterocycles. The maximum absolute atomic E-state index is 15.4. The monoisotopic (exact) mass is 1490 g/mol. The predicted octanol–water partition coefficient (Wildman–Crippen LogP) is 1.78. The van der Waals surface area contributed by atoms with E-state index in [2.05, 4.69) is 5.32 Å². The van der Waals surface area contributed by atoms with Gasteiger partial charge in [-0.2, -0.15) is 0 Å². The highest BCUT2D eigenvalue weighted by Gasteiger charge is 2.61. The molecule has 0 radical (unpaired) electrons. The molecule has 7 unspecified atom stereocenters. The summed E-state index contributed by atoms with van der Waals surface area (Å²) in [5, 5.41) is 3.35. The fourth-order valence-electron chi connectivity index (χ4n) is 15.3. The molecule has 7 atom stereocenters. The molecule has 1 N–H and O–H groups in total. The Balaban J connectivity index is 1.86. The van der Waals surface area contributed by atoms with Crippen LogP contribution in [-0.4, -0.2) is 295 Å². The van der Waals surface area contributed by atoms with E-state index in [0.717, 1.165) is 27.7 Å². The standard InChI is InChI=1S/C72H115N7O26/c1-46-65(14,15)29-76(35-71(46,42-100-53(8)85)43-101-54(9)86)59(91)25-74(26-60(92)77-30-66(16,37-95-48(3)80)47(2)67(17,31-77)38-96-49(4)81)23-21-73-22-24-75(27-61(93)78-32-68(18,39-97-50(5)82)63(104-57(12)89)69(19,33-78)40-98-51(6)83)28-62(94)79-34-70(20,41-99-52(7)84)64(105-58(13)90)72(36-79,44-102-55(10)87)45-103-56(11)88/h46-47,63-64,73H,21-45H2,1-20H3. The third-order valence-electron chi connectivity index (χ3n) is 20.9. The SMILES string of the molecule is CC(=O)OCC1(C)CN(C(=O)CN(CCNCCN(CC(=O)N2CC(C)(COC(C)=O)C(OC(C)=O)C(C)(COC(C)=O)C2)CC(=O)N2CC(C)(COC(C)=O)C(OC(C)=O)C(COC(C)=O)(COC(C)=O)C2)CC(=O)N2CC(C)(C)C(C)C(COC(C)=O)(COC(C)=O)C2)CC(C)(COC(C)=O)C1C. The molecule has 4 fully saturated rings. The van der Waals surface area contributed by atoms with Crippen LogP contribution < -0.4 is 5.32 Å². The van der Waals surface area contributed by atoms with Gasteiger partial charge < -0.3 is 77.0 Å². The fourth-order valence-corrected chi connectivity index (χ4v) is 15.3. The molecule has 4 saturated heterocycles. The van der Waals surface area contributed by atoms with Gasteiger partial charge >= 0.3 is 65.7 Å². The Labute approximate surface area is 615 Å². The van der Waals surface area contributed by atoms with Crippen molar-refractivity contribution in [1.82, 2.24) is 34.7 Å². The van der Waals surface area contributed by atoms with Gasteiger partial charge in [0.05, 0.1) is 66.5 Å². The lowest BCUT2D eigenvalue weighted by atomic mass is 9.61. The van der Waals surface area contributed by atoms with Gasteiger partial charge in [-0.1, -0.05) is 62.3 Å². The summed E-state index contributed by atoms with van der Waals surface area (Å²) < 4.78 is 62.1.